The molecule has 0 radical (unpaired) electrons. The molecule has 1 saturated heterocycles. The summed E-state index contributed by atoms with van der Waals surface area (Å²) in [6.45, 7) is 4.92. The number of carbonyl (C=O) groups is 2. The van der Waals surface area contributed by atoms with E-state index >= 15 is 0 Å². The number of hydrogen-bond acceptors (Lipinski definition) is 3. The van der Waals surface area contributed by atoms with Crippen LogP contribution < -0.4 is 10.2 Å². The molecule has 1 aliphatic rings. The minimum absolute atomic E-state index is 0.172. The Hall–Kier alpha value is -2.82. The second kappa shape index (κ2) is 6.12. The number of rotatable bonds is 3. The molecule has 5 nitrogen and oxygen atoms in total. The number of nitrogens with zero attached hydrogens (tertiary/aromatic N) is 1. The fourth-order valence-electron chi connectivity index (χ4n) is 2.50. The largest absolute Gasteiger partial charge is 0.447 e. The van der Waals surface area contributed by atoms with E-state index in [2.05, 4.69) is 5.32 Å². The van der Waals surface area contributed by atoms with Gasteiger partial charge in [0.2, 0.25) is 0 Å². The Morgan fingerprint density at radius 3 is 2.52 bits per heavy atom. The van der Waals surface area contributed by atoms with Crippen LogP contribution in [0.4, 0.5) is 16.2 Å². The lowest BCUT2D eigenvalue weighted by atomic mass is 10.1. The van der Waals surface area contributed by atoms with E-state index < -0.39 is 0 Å². The van der Waals surface area contributed by atoms with Gasteiger partial charge < -0.3 is 10.1 Å². The second-order valence-corrected chi connectivity index (χ2v) is 5.51. The molecule has 0 spiro atoms. The molecule has 5 heteroatoms. The molecule has 118 valence electrons. The van der Waals surface area contributed by atoms with Crippen molar-refractivity contribution >= 4 is 23.4 Å². The molecule has 2 aromatic carbocycles. The molecule has 1 heterocycles. The standard InChI is InChI=1S/C18H18N2O3/c1-12-4-3-5-16(13(12)2)19-17(21)14-6-8-15(9-7-14)20-10-11-23-18(20)22/h3-9H,10-11H2,1-2H3,(H,19,21). The molecular formula is C18H18N2O3. The summed E-state index contributed by atoms with van der Waals surface area (Å²) in [6.07, 6.45) is -0.349. The third-order valence-electron chi connectivity index (χ3n) is 4.05. The average Bonchev–Trinajstić information content (AvgIpc) is 2.98. The molecular weight excluding hydrogens is 292 g/mol. The molecule has 0 unspecified atom stereocenters. The first-order chi connectivity index (χ1) is 11.1. The molecule has 0 aliphatic carbocycles. The highest BCUT2D eigenvalue weighted by atomic mass is 16.6. The SMILES string of the molecule is Cc1cccc(NC(=O)c2ccc(N3CCOC3=O)cc2)c1C. The Balaban J connectivity index is 1.75. The van der Waals surface area contributed by atoms with E-state index in [4.69, 9.17) is 4.74 Å². The first kappa shape index (κ1) is 15.1. The molecule has 2 amide bonds. The summed E-state index contributed by atoms with van der Waals surface area (Å²) in [5.74, 6) is -0.172. The fraction of sp³-hybridized carbons (Fsp3) is 0.222. The van der Waals surface area contributed by atoms with Crippen molar-refractivity contribution in [3.8, 4) is 0 Å². The zero-order chi connectivity index (χ0) is 16.4. The molecule has 23 heavy (non-hydrogen) atoms. The van der Waals surface area contributed by atoms with E-state index in [1.165, 1.54) is 0 Å². The number of benzene rings is 2. The molecule has 3 rings (SSSR count). The maximum Gasteiger partial charge on any atom is 0.414 e. The van der Waals surface area contributed by atoms with Crippen molar-refractivity contribution < 1.29 is 14.3 Å². The Bertz CT molecular complexity index is 753. The second-order valence-electron chi connectivity index (χ2n) is 5.51. The number of hydrogen-bond donors (Lipinski definition) is 1. The lowest BCUT2D eigenvalue weighted by Crippen LogP contribution is -2.23. The van der Waals surface area contributed by atoms with Gasteiger partial charge in [-0.05, 0) is 55.3 Å². The Morgan fingerprint density at radius 2 is 1.87 bits per heavy atom. The highest BCUT2D eigenvalue weighted by molar-refractivity contribution is 6.05. The molecule has 0 aromatic heterocycles. The van der Waals surface area contributed by atoms with Crippen molar-refractivity contribution in [1.82, 2.24) is 0 Å². The first-order valence-electron chi connectivity index (χ1n) is 7.48. The van der Waals surface area contributed by atoms with Gasteiger partial charge in [0.05, 0.1) is 6.54 Å². The Kier molecular flexibility index (Phi) is 4.02. The lowest BCUT2D eigenvalue weighted by Gasteiger charge is -2.13. The van der Waals surface area contributed by atoms with Crippen LogP contribution in [0.5, 0.6) is 0 Å². The minimum atomic E-state index is -0.349. The van der Waals surface area contributed by atoms with E-state index in [9.17, 15) is 9.59 Å². The zero-order valence-electron chi connectivity index (χ0n) is 13.1. The summed E-state index contributed by atoms with van der Waals surface area (Å²) in [5.41, 5.74) is 4.27. The monoisotopic (exact) mass is 310 g/mol. The van der Waals surface area contributed by atoms with E-state index in [0.717, 1.165) is 22.5 Å². The van der Waals surface area contributed by atoms with Crippen LogP contribution in [0, 0.1) is 13.8 Å². The van der Waals surface area contributed by atoms with Gasteiger partial charge >= 0.3 is 6.09 Å². The van der Waals surface area contributed by atoms with Crippen LogP contribution in [0.25, 0.3) is 0 Å². The number of amides is 2. The van der Waals surface area contributed by atoms with Crippen LogP contribution >= 0.6 is 0 Å². The number of aryl methyl sites for hydroxylation is 1. The van der Waals surface area contributed by atoms with Gasteiger partial charge in [0, 0.05) is 16.9 Å². The maximum atomic E-state index is 12.4. The topological polar surface area (TPSA) is 58.6 Å². The summed E-state index contributed by atoms with van der Waals surface area (Å²) in [4.78, 5) is 25.4. The zero-order valence-corrected chi connectivity index (χ0v) is 13.1. The summed E-state index contributed by atoms with van der Waals surface area (Å²) in [5, 5.41) is 2.92. The van der Waals surface area contributed by atoms with E-state index in [1.54, 1.807) is 29.2 Å². The predicted molar refractivity (Wildman–Crippen MR) is 89.0 cm³/mol. The number of cyclic esters (lactones) is 1. The highest BCUT2D eigenvalue weighted by Gasteiger charge is 2.23. The van der Waals surface area contributed by atoms with Crippen LogP contribution in [0.15, 0.2) is 42.5 Å². The molecule has 0 atom stereocenters. The summed E-state index contributed by atoms with van der Waals surface area (Å²) >= 11 is 0. The maximum absolute atomic E-state index is 12.4. The van der Waals surface area contributed by atoms with Gasteiger partial charge in [-0.25, -0.2) is 4.79 Å². The summed E-state index contributed by atoms with van der Waals surface area (Å²) in [6, 6.07) is 12.7. The van der Waals surface area contributed by atoms with Crippen molar-refractivity contribution in [3.63, 3.8) is 0 Å². The highest BCUT2D eigenvalue weighted by Crippen LogP contribution is 2.21. The third-order valence-corrected chi connectivity index (χ3v) is 4.05. The molecule has 0 bridgehead atoms. The van der Waals surface area contributed by atoms with Crippen molar-refractivity contribution in [1.29, 1.82) is 0 Å². The quantitative estimate of drug-likeness (QED) is 0.943. The minimum Gasteiger partial charge on any atom is -0.447 e. The summed E-state index contributed by atoms with van der Waals surface area (Å²) < 4.78 is 4.91. The van der Waals surface area contributed by atoms with Gasteiger partial charge in [0.1, 0.15) is 6.61 Å². The number of carbonyl (C=O) groups excluding carboxylic acids is 2. The van der Waals surface area contributed by atoms with Crippen LogP contribution in [-0.4, -0.2) is 25.2 Å². The van der Waals surface area contributed by atoms with Crippen molar-refractivity contribution in [3.05, 3.63) is 59.2 Å². The fourth-order valence-corrected chi connectivity index (χ4v) is 2.50. The van der Waals surface area contributed by atoms with Crippen molar-refractivity contribution in [2.45, 2.75) is 13.8 Å². The van der Waals surface area contributed by atoms with E-state index in [0.29, 0.717) is 18.7 Å². The molecule has 1 aliphatic heterocycles. The Labute approximate surface area is 134 Å². The van der Waals surface area contributed by atoms with Crippen molar-refractivity contribution in [2.24, 2.45) is 0 Å². The first-order valence-corrected chi connectivity index (χ1v) is 7.48. The van der Waals surface area contributed by atoms with Gasteiger partial charge in [-0.2, -0.15) is 0 Å². The average molecular weight is 310 g/mol. The molecule has 2 aromatic rings. The number of anilines is 2. The predicted octanol–water partition coefficient (Wildman–Crippen LogP) is 3.51. The van der Waals surface area contributed by atoms with Gasteiger partial charge in [-0.1, -0.05) is 12.1 Å². The smallest absolute Gasteiger partial charge is 0.414 e. The lowest BCUT2D eigenvalue weighted by molar-refractivity contribution is 0.102. The summed E-state index contributed by atoms with van der Waals surface area (Å²) in [7, 11) is 0. The van der Waals surface area contributed by atoms with E-state index in [1.807, 2.05) is 32.0 Å². The van der Waals surface area contributed by atoms with Crippen LogP contribution in [-0.2, 0) is 4.74 Å². The normalized spacial score (nSPS) is 13.8. The Morgan fingerprint density at radius 1 is 1.13 bits per heavy atom. The van der Waals surface area contributed by atoms with Gasteiger partial charge in [0.15, 0.2) is 0 Å². The van der Waals surface area contributed by atoms with Crippen molar-refractivity contribution in [2.75, 3.05) is 23.4 Å². The van der Waals surface area contributed by atoms with Crippen LogP contribution in [0.3, 0.4) is 0 Å². The van der Waals surface area contributed by atoms with Crippen LogP contribution in [0.1, 0.15) is 21.5 Å². The molecule has 1 fully saturated rings. The van der Waals surface area contributed by atoms with Gasteiger partial charge in [-0.3, -0.25) is 9.69 Å². The van der Waals surface area contributed by atoms with E-state index in [-0.39, 0.29) is 12.0 Å². The van der Waals surface area contributed by atoms with Gasteiger partial charge in [-0.15, -0.1) is 0 Å². The molecule has 0 saturated carbocycles. The number of ether oxygens (including phenoxy) is 1. The van der Waals surface area contributed by atoms with Gasteiger partial charge in [0.25, 0.3) is 5.91 Å². The number of nitrogens with one attached hydrogen (secondary N) is 1. The van der Waals surface area contributed by atoms with Crippen LogP contribution in [0.2, 0.25) is 0 Å². The molecule has 1 N–H and O–H groups in total. The third kappa shape index (κ3) is 3.04.